The number of anilines is 1. The highest BCUT2D eigenvalue weighted by atomic mass is 32.1. The van der Waals surface area contributed by atoms with Crippen LogP contribution in [0.5, 0.6) is 0 Å². The molecule has 130 valence electrons. The molecule has 0 radical (unpaired) electrons. The van der Waals surface area contributed by atoms with E-state index >= 15 is 0 Å². The van der Waals surface area contributed by atoms with Crippen LogP contribution in [0.4, 0.5) is 5.13 Å². The summed E-state index contributed by atoms with van der Waals surface area (Å²) in [6.45, 7) is 7.26. The normalized spacial score (nSPS) is 22.3. The van der Waals surface area contributed by atoms with Crippen LogP contribution in [0.15, 0.2) is 0 Å². The summed E-state index contributed by atoms with van der Waals surface area (Å²) in [5, 5.41) is 22.5. The fourth-order valence-corrected chi connectivity index (χ4v) is 3.66. The van der Waals surface area contributed by atoms with Crippen LogP contribution in [0.2, 0.25) is 0 Å². The maximum atomic E-state index is 12.1. The van der Waals surface area contributed by atoms with Gasteiger partial charge in [0.2, 0.25) is 11.0 Å². The van der Waals surface area contributed by atoms with E-state index in [0.717, 1.165) is 30.8 Å². The fourth-order valence-electron chi connectivity index (χ4n) is 2.85. The molecule has 1 saturated carbocycles. The van der Waals surface area contributed by atoms with Gasteiger partial charge in [-0.1, -0.05) is 44.9 Å². The zero-order chi connectivity index (χ0) is 17.0. The molecule has 23 heavy (non-hydrogen) atoms. The lowest BCUT2D eigenvalue weighted by Crippen LogP contribution is -2.38. The van der Waals surface area contributed by atoms with Crippen LogP contribution in [0.3, 0.4) is 0 Å². The first kappa shape index (κ1) is 18.3. The number of aromatic nitrogens is 2. The molecule has 2 rings (SSSR count). The Morgan fingerprint density at radius 2 is 2.04 bits per heavy atom. The number of rotatable bonds is 5. The van der Waals surface area contributed by atoms with E-state index in [1.54, 1.807) is 0 Å². The smallest absolute Gasteiger partial charge is 0.240 e. The van der Waals surface area contributed by atoms with Crippen LogP contribution >= 0.6 is 11.3 Å². The number of aliphatic hydroxyl groups is 1. The first-order valence-corrected chi connectivity index (χ1v) is 9.08. The molecule has 2 unspecified atom stereocenters. The summed E-state index contributed by atoms with van der Waals surface area (Å²) in [4.78, 5) is 14.1. The van der Waals surface area contributed by atoms with Crippen molar-refractivity contribution in [2.75, 3.05) is 25.5 Å². The van der Waals surface area contributed by atoms with Crippen LogP contribution in [-0.4, -0.2) is 52.4 Å². The molecule has 0 aliphatic heterocycles. The Balaban J connectivity index is 1.80. The largest absolute Gasteiger partial charge is 0.393 e. The Labute approximate surface area is 142 Å². The summed E-state index contributed by atoms with van der Waals surface area (Å²) >= 11 is 1.42. The third-order valence-corrected chi connectivity index (χ3v) is 5.41. The van der Waals surface area contributed by atoms with Gasteiger partial charge in [-0.25, -0.2) is 0 Å². The molecule has 7 heteroatoms. The Hall–Kier alpha value is -1.05. The van der Waals surface area contributed by atoms with E-state index in [4.69, 9.17) is 0 Å². The lowest BCUT2D eigenvalue weighted by molar-refractivity contribution is -0.117. The highest BCUT2D eigenvalue weighted by Gasteiger charge is 2.25. The molecule has 1 aliphatic rings. The van der Waals surface area contributed by atoms with Crippen molar-refractivity contribution in [2.45, 2.75) is 58.0 Å². The molecule has 1 aliphatic carbocycles. The van der Waals surface area contributed by atoms with Gasteiger partial charge < -0.3 is 5.11 Å². The van der Waals surface area contributed by atoms with Crippen LogP contribution in [-0.2, 0) is 10.2 Å². The first-order chi connectivity index (χ1) is 10.8. The lowest BCUT2D eigenvalue weighted by atomic mass is 9.86. The molecule has 0 saturated heterocycles. The summed E-state index contributed by atoms with van der Waals surface area (Å²) in [6, 6.07) is 0. The summed E-state index contributed by atoms with van der Waals surface area (Å²) in [5.41, 5.74) is -0.0610. The van der Waals surface area contributed by atoms with Crippen LogP contribution in [0.25, 0.3) is 0 Å². The molecule has 2 N–H and O–H groups in total. The monoisotopic (exact) mass is 340 g/mol. The van der Waals surface area contributed by atoms with Crippen molar-refractivity contribution in [3.8, 4) is 0 Å². The number of hydrogen-bond donors (Lipinski definition) is 2. The Morgan fingerprint density at radius 3 is 2.65 bits per heavy atom. The van der Waals surface area contributed by atoms with Crippen molar-refractivity contribution in [2.24, 2.45) is 5.92 Å². The van der Waals surface area contributed by atoms with Crippen molar-refractivity contribution in [1.29, 1.82) is 0 Å². The molecule has 1 heterocycles. The predicted octanol–water partition coefficient (Wildman–Crippen LogP) is 2.26. The molecule has 1 aromatic heterocycles. The second-order valence-electron chi connectivity index (χ2n) is 7.52. The number of hydrogen-bond acceptors (Lipinski definition) is 6. The average Bonchev–Trinajstić information content (AvgIpc) is 2.89. The Kier molecular flexibility index (Phi) is 6.11. The minimum Gasteiger partial charge on any atom is -0.393 e. The quantitative estimate of drug-likeness (QED) is 0.859. The molecule has 1 aromatic rings. The Morgan fingerprint density at radius 1 is 1.35 bits per heavy atom. The van der Waals surface area contributed by atoms with Gasteiger partial charge in [-0.2, -0.15) is 0 Å². The summed E-state index contributed by atoms with van der Waals surface area (Å²) < 4.78 is 0. The summed E-state index contributed by atoms with van der Waals surface area (Å²) in [6.07, 6.45) is 3.97. The third kappa shape index (κ3) is 5.51. The second kappa shape index (κ2) is 7.68. The van der Waals surface area contributed by atoms with Crippen LogP contribution in [0, 0.1) is 5.92 Å². The zero-order valence-electron chi connectivity index (χ0n) is 14.5. The van der Waals surface area contributed by atoms with Crippen molar-refractivity contribution >= 4 is 22.4 Å². The van der Waals surface area contributed by atoms with E-state index in [9.17, 15) is 9.90 Å². The maximum Gasteiger partial charge on any atom is 0.240 e. The molecule has 0 spiro atoms. The zero-order valence-corrected chi connectivity index (χ0v) is 15.3. The van der Waals surface area contributed by atoms with Gasteiger partial charge in [0.25, 0.3) is 0 Å². The summed E-state index contributed by atoms with van der Waals surface area (Å²) in [7, 11) is 1.92. The van der Waals surface area contributed by atoms with Gasteiger partial charge in [-0.05, 0) is 25.8 Å². The van der Waals surface area contributed by atoms with Gasteiger partial charge >= 0.3 is 0 Å². The van der Waals surface area contributed by atoms with E-state index in [0.29, 0.717) is 11.7 Å². The van der Waals surface area contributed by atoms with E-state index in [2.05, 4.69) is 36.3 Å². The number of aliphatic hydroxyl groups excluding tert-OH is 1. The van der Waals surface area contributed by atoms with Crippen molar-refractivity contribution in [3.05, 3.63) is 5.01 Å². The molecular weight excluding hydrogens is 312 g/mol. The van der Waals surface area contributed by atoms with Gasteiger partial charge in [-0.3, -0.25) is 15.0 Å². The first-order valence-electron chi connectivity index (χ1n) is 8.26. The van der Waals surface area contributed by atoms with Gasteiger partial charge in [0.05, 0.1) is 12.6 Å². The maximum absolute atomic E-state index is 12.1. The molecular formula is C16H28N4O2S. The molecule has 0 aromatic carbocycles. The minimum atomic E-state index is -0.230. The van der Waals surface area contributed by atoms with Crippen LogP contribution in [0.1, 0.15) is 51.5 Å². The summed E-state index contributed by atoms with van der Waals surface area (Å²) in [5.74, 6) is 0.185. The standard InChI is InChI=1S/C16H28N4O2S/c1-16(2,3)14-18-19-15(23-14)17-13(22)10-20(4)9-11-7-5-6-8-12(11)21/h11-12,21H,5-10H2,1-4H3,(H,17,19,22). The Bertz CT molecular complexity index is 526. The average molecular weight is 340 g/mol. The van der Waals surface area contributed by atoms with E-state index in [1.165, 1.54) is 17.8 Å². The highest BCUT2D eigenvalue weighted by molar-refractivity contribution is 7.15. The predicted molar refractivity (Wildman–Crippen MR) is 92.7 cm³/mol. The highest BCUT2D eigenvalue weighted by Crippen LogP contribution is 2.28. The number of nitrogens with one attached hydrogen (secondary N) is 1. The number of likely N-dealkylation sites (N-methyl/N-ethyl adjacent to an activating group) is 1. The van der Waals surface area contributed by atoms with Gasteiger partial charge in [0, 0.05) is 12.0 Å². The molecule has 6 nitrogen and oxygen atoms in total. The molecule has 1 amide bonds. The number of amides is 1. The molecule has 0 bridgehead atoms. The number of carbonyl (C=O) groups is 1. The SMILES string of the molecule is CN(CC(=O)Nc1nnc(C(C)(C)C)s1)CC1CCCCC1O. The van der Waals surface area contributed by atoms with Gasteiger partial charge in [0.1, 0.15) is 5.01 Å². The van der Waals surface area contributed by atoms with E-state index < -0.39 is 0 Å². The number of nitrogens with zero attached hydrogens (tertiary/aromatic N) is 3. The van der Waals surface area contributed by atoms with Crippen molar-refractivity contribution < 1.29 is 9.90 Å². The third-order valence-electron chi connectivity index (χ3n) is 4.14. The van der Waals surface area contributed by atoms with E-state index in [-0.39, 0.29) is 23.3 Å². The van der Waals surface area contributed by atoms with E-state index in [1.807, 2.05) is 11.9 Å². The van der Waals surface area contributed by atoms with Gasteiger partial charge in [-0.15, -0.1) is 10.2 Å². The topological polar surface area (TPSA) is 78.4 Å². The molecule has 1 fully saturated rings. The second-order valence-corrected chi connectivity index (χ2v) is 8.50. The van der Waals surface area contributed by atoms with Crippen molar-refractivity contribution in [3.63, 3.8) is 0 Å². The fraction of sp³-hybridized carbons (Fsp3) is 0.812. The van der Waals surface area contributed by atoms with Gasteiger partial charge in [0.15, 0.2) is 0 Å². The molecule has 2 atom stereocenters. The lowest BCUT2D eigenvalue weighted by Gasteiger charge is -2.30. The van der Waals surface area contributed by atoms with Crippen LogP contribution < -0.4 is 5.32 Å². The number of carbonyl (C=O) groups excluding carboxylic acids is 1. The van der Waals surface area contributed by atoms with Crippen molar-refractivity contribution in [1.82, 2.24) is 15.1 Å². The minimum absolute atomic E-state index is 0.0610.